The van der Waals surface area contributed by atoms with E-state index >= 15 is 0 Å². The number of rotatable bonds is 5. The summed E-state index contributed by atoms with van der Waals surface area (Å²) in [5.41, 5.74) is 1.46. The van der Waals surface area contributed by atoms with Crippen molar-refractivity contribution in [3.63, 3.8) is 0 Å². The van der Waals surface area contributed by atoms with E-state index in [1.807, 2.05) is 29.1 Å². The first-order valence-electron chi connectivity index (χ1n) is 10.1. The van der Waals surface area contributed by atoms with Crippen molar-refractivity contribution in [1.29, 1.82) is 0 Å². The summed E-state index contributed by atoms with van der Waals surface area (Å²) in [6.07, 6.45) is 4.12. The Balaban J connectivity index is 1.49. The molecule has 0 bridgehead atoms. The second-order valence-electron chi connectivity index (χ2n) is 7.78. The van der Waals surface area contributed by atoms with E-state index in [0.717, 1.165) is 43.0 Å². The summed E-state index contributed by atoms with van der Waals surface area (Å²) in [4.78, 5) is 12.9. The van der Waals surface area contributed by atoms with Crippen molar-refractivity contribution >= 4 is 5.91 Å². The Morgan fingerprint density at radius 3 is 2.82 bits per heavy atom. The molecule has 1 fully saturated rings. The van der Waals surface area contributed by atoms with Gasteiger partial charge in [0.25, 0.3) is 5.91 Å². The van der Waals surface area contributed by atoms with Crippen molar-refractivity contribution in [2.45, 2.75) is 38.8 Å². The van der Waals surface area contributed by atoms with Crippen LogP contribution in [0.5, 0.6) is 11.5 Å². The van der Waals surface area contributed by atoms with E-state index in [2.05, 4.69) is 29.6 Å². The predicted molar refractivity (Wildman–Crippen MR) is 106 cm³/mol. The third-order valence-corrected chi connectivity index (χ3v) is 5.36. The minimum atomic E-state index is -0.156. The molecule has 2 aliphatic heterocycles. The fraction of sp³-hybridized carbons (Fsp3) is 0.524. The molecule has 0 spiro atoms. The van der Waals surface area contributed by atoms with Gasteiger partial charge < -0.3 is 20.1 Å². The van der Waals surface area contributed by atoms with Crippen molar-refractivity contribution in [2.75, 3.05) is 26.3 Å². The van der Waals surface area contributed by atoms with Gasteiger partial charge in [0.1, 0.15) is 18.9 Å². The highest BCUT2D eigenvalue weighted by Gasteiger charge is 2.24. The first kappa shape index (κ1) is 18.8. The molecule has 7 nitrogen and oxygen atoms in total. The number of nitrogens with one attached hydrogen (secondary N) is 2. The van der Waals surface area contributed by atoms with Gasteiger partial charge in [-0.3, -0.25) is 9.48 Å². The van der Waals surface area contributed by atoms with Crippen molar-refractivity contribution in [3.8, 4) is 11.5 Å². The van der Waals surface area contributed by atoms with E-state index in [1.54, 1.807) is 6.07 Å². The van der Waals surface area contributed by atoms with E-state index in [1.165, 1.54) is 0 Å². The van der Waals surface area contributed by atoms with Gasteiger partial charge in [-0.25, -0.2) is 0 Å². The third-order valence-electron chi connectivity index (χ3n) is 5.36. The average Bonchev–Trinajstić information content (AvgIpc) is 3.22. The molecular weight excluding hydrogens is 356 g/mol. The maximum absolute atomic E-state index is 12.9. The molecule has 2 atom stereocenters. The summed E-state index contributed by atoms with van der Waals surface area (Å²) in [5, 5.41) is 11.1. The Morgan fingerprint density at radius 2 is 2.07 bits per heavy atom. The number of piperidine rings is 1. The van der Waals surface area contributed by atoms with Gasteiger partial charge in [0.15, 0.2) is 11.5 Å². The zero-order chi connectivity index (χ0) is 19.5. The maximum atomic E-state index is 12.9. The molecule has 2 aromatic rings. The number of nitrogens with zero attached hydrogens (tertiary/aromatic N) is 2. The smallest absolute Gasteiger partial charge is 0.272 e. The van der Waals surface area contributed by atoms with Crippen molar-refractivity contribution < 1.29 is 14.3 Å². The van der Waals surface area contributed by atoms with Crippen molar-refractivity contribution in [2.24, 2.45) is 5.92 Å². The van der Waals surface area contributed by atoms with Crippen LogP contribution in [0.4, 0.5) is 0 Å². The molecule has 0 aliphatic carbocycles. The zero-order valence-electron chi connectivity index (χ0n) is 16.5. The predicted octanol–water partition coefficient (Wildman–Crippen LogP) is 2.71. The summed E-state index contributed by atoms with van der Waals surface area (Å²) in [6, 6.07) is 7.84. The normalized spacial score (nSPS) is 20.0. The highest BCUT2D eigenvalue weighted by molar-refractivity contribution is 5.92. The number of aromatic nitrogens is 2. The molecule has 7 heteroatoms. The lowest BCUT2D eigenvalue weighted by Crippen LogP contribution is -2.33. The molecule has 0 radical (unpaired) electrons. The lowest BCUT2D eigenvalue weighted by molar-refractivity contribution is 0.0919. The summed E-state index contributed by atoms with van der Waals surface area (Å²) in [5.74, 6) is 1.55. The zero-order valence-corrected chi connectivity index (χ0v) is 16.5. The molecule has 2 N–H and O–H groups in total. The molecule has 2 aliphatic rings. The van der Waals surface area contributed by atoms with Crippen LogP contribution >= 0.6 is 0 Å². The number of carbonyl (C=O) groups is 1. The minimum absolute atomic E-state index is 0.134. The van der Waals surface area contributed by atoms with Crippen LogP contribution in [0.2, 0.25) is 0 Å². The van der Waals surface area contributed by atoms with E-state index in [0.29, 0.717) is 24.9 Å². The molecule has 2 unspecified atom stereocenters. The van der Waals surface area contributed by atoms with Gasteiger partial charge in [-0.1, -0.05) is 19.9 Å². The van der Waals surface area contributed by atoms with Gasteiger partial charge in [0.2, 0.25) is 0 Å². The number of carbonyl (C=O) groups excluding carboxylic acids is 1. The van der Waals surface area contributed by atoms with Crippen LogP contribution in [0.1, 0.15) is 54.8 Å². The molecule has 150 valence electrons. The highest BCUT2D eigenvalue weighted by atomic mass is 16.6. The quantitative estimate of drug-likeness (QED) is 0.829. The first-order valence-corrected chi connectivity index (χ1v) is 10.1. The second kappa shape index (κ2) is 8.22. The van der Waals surface area contributed by atoms with Gasteiger partial charge >= 0.3 is 0 Å². The maximum Gasteiger partial charge on any atom is 0.272 e. The molecule has 1 aromatic carbocycles. The Labute approximate surface area is 165 Å². The summed E-state index contributed by atoms with van der Waals surface area (Å²) in [6.45, 7) is 7.24. The van der Waals surface area contributed by atoms with Gasteiger partial charge in [-0.2, -0.15) is 5.10 Å². The van der Waals surface area contributed by atoms with Crippen LogP contribution in [0.15, 0.2) is 30.5 Å². The standard InChI is InChI=1S/C21H28N4O3/c1-14(2)20(15-5-6-18-19(12-15)28-11-10-27-18)23-21(26)17-7-9-25(24-17)16-4-3-8-22-13-16/h5-7,9,12,14,16,20,22H,3-4,8,10-11,13H2,1-2H3,(H,23,26). The largest absolute Gasteiger partial charge is 0.486 e. The van der Waals surface area contributed by atoms with E-state index in [9.17, 15) is 4.79 Å². The molecule has 3 heterocycles. The number of benzene rings is 1. The topological polar surface area (TPSA) is 77.4 Å². The molecule has 1 saturated heterocycles. The minimum Gasteiger partial charge on any atom is -0.486 e. The number of hydrogen-bond acceptors (Lipinski definition) is 5. The fourth-order valence-corrected chi connectivity index (χ4v) is 3.83. The lowest BCUT2D eigenvalue weighted by atomic mass is 9.95. The van der Waals surface area contributed by atoms with Gasteiger partial charge in [-0.15, -0.1) is 0 Å². The first-order chi connectivity index (χ1) is 13.6. The fourth-order valence-electron chi connectivity index (χ4n) is 3.83. The monoisotopic (exact) mass is 384 g/mol. The Bertz CT molecular complexity index is 827. The molecule has 28 heavy (non-hydrogen) atoms. The van der Waals surface area contributed by atoms with E-state index < -0.39 is 0 Å². The average molecular weight is 384 g/mol. The van der Waals surface area contributed by atoms with Gasteiger partial charge in [0.05, 0.1) is 12.1 Å². The van der Waals surface area contributed by atoms with E-state index in [-0.39, 0.29) is 17.9 Å². The molecular formula is C21H28N4O3. The Hall–Kier alpha value is -2.54. The van der Waals surface area contributed by atoms with Crippen LogP contribution in [-0.2, 0) is 0 Å². The van der Waals surface area contributed by atoms with Crippen molar-refractivity contribution in [1.82, 2.24) is 20.4 Å². The summed E-state index contributed by atoms with van der Waals surface area (Å²) < 4.78 is 13.2. The van der Waals surface area contributed by atoms with Crippen LogP contribution < -0.4 is 20.1 Å². The van der Waals surface area contributed by atoms with E-state index in [4.69, 9.17) is 9.47 Å². The summed E-state index contributed by atoms with van der Waals surface area (Å²) >= 11 is 0. The van der Waals surface area contributed by atoms with Crippen LogP contribution in [-0.4, -0.2) is 42.0 Å². The molecule has 1 aromatic heterocycles. The second-order valence-corrected chi connectivity index (χ2v) is 7.78. The van der Waals surface area contributed by atoms with Crippen LogP contribution in [0, 0.1) is 5.92 Å². The SMILES string of the molecule is CC(C)C(NC(=O)c1ccn(C2CCCNC2)n1)c1ccc2c(c1)OCCO2. The molecule has 1 amide bonds. The Morgan fingerprint density at radius 1 is 1.25 bits per heavy atom. The van der Waals surface area contributed by atoms with Gasteiger partial charge in [0, 0.05) is 12.7 Å². The number of fused-ring (bicyclic) bond motifs is 1. The van der Waals surface area contributed by atoms with Crippen LogP contribution in [0.25, 0.3) is 0 Å². The lowest BCUT2D eigenvalue weighted by Gasteiger charge is -2.25. The molecule has 0 saturated carbocycles. The third kappa shape index (κ3) is 3.99. The number of hydrogen-bond donors (Lipinski definition) is 2. The summed E-state index contributed by atoms with van der Waals surface area (Å²) in [7, 11) is 0. The Kier molecular flexibility index (Phi) is 5.52. The van der Waals surface area contributed by atoms with Crippen molar-refractivity contribution in [3.05, 3.63) is 41.7 Å². The molecule has 4 rings (SSSR count). The van der Waals surface area contributed by atoms with Crippen LogP contribution in [0.3, 0.4) is 0 Å². The number of ether oxygens (including phenoxy) is 2. The van der Waals surface area contributed by atoms with Gasteiger partial charge in [-0.05, 0) is 49.1 Å². The highest BCUT2D eigenvalue weighted by Crippen LogP contribution is 2.34. The number of amides is 1.